The molecule has 0 spiro atoms. The van der Waals surface area contributed by atoms with E-state index >= 15 is 0 Å². The largest absolute Gasteiger partial charge is 0.316 e. The predicted molar refractivity (Wildman–Crippen MR) is 115 cm³/mol. The Kier molecular flexibility index (Phi) is 5.63. The SMILES string of the molecule is O=C(Cc1ccc(Cl)cc1)N=C1S[C@H]2CS(=O)(=O)C[C@H]2N1c1ccc(F)c(Cl)c1. The van der Waals surface area contributed by atoms with Crippen LogP contribution in [0.1, 0.15) is 5.56 Å². The summed E-state index contributed by atoms with van der Waals surface area (Å²) in [4.78, 5) is 18.5. The lowest BCUT2D eigenvalue weighted by Gasteiger charge is -2.24. The van der Waals surface area contributed by atoms with Gasteiger partial charge in [0.15, 0.2) is 15.0 Å². The van der Waals surface area contributed by atoms with Crippen LogP contribution in [0.2, 0.25) is 10.0 Å². The fourth-order valence-corrected chi connectivity index (χ4v) is 7.66. The summed E-state index contributed by atoms with van der Waals surface area (Å²) in [7, 11) is -3.19. The van der Waals surface area contributed by atoms with Gasteiger partial charge in [0.1, 0.15) is 5.82 Å². The number of sulfone groups is 1. The number of amides is 1. The molecule has 4 rings (SSSR count). The number of benzene rings is 2. The highest BCUT2D eigenvalue weighted by Crippen LogP contribution is 2.41. The van der Waals surface area contributed by atoms with Gasteiger partial charge in [0.25, 0.3) is 5.91 Å². The molecule has 2 saturated heterocycles. The molecule has 2 aromatic carbocycles. The fraction of sp³-hybridized carbons (Fsp3) is 0.263. The van der Waals surface area contributed by atoms with Crippen molar-refractivity contribution in [3.8, 4) is 0 Å². The number of amidine groups is 1. The number of thioether (sulfide) groups is 1. The minimum Gasteiger partial charge on any atom is -0.316 e. The number of fused-ring (bicyclic) bond motifs is 1. The van der Waals surface area contributed by atoms with Gasteiger partial charge in [-0.15, -0.1) is 0 Å². The molecule has 152 valence electrons. The second-order valence-electron chi connectivity index (χ2n) is 6.86. The lowest BCUT2D eigenvalue weighted by atomic mass is 10.1. The van der Waals surface area contributed by atoms with E-state index in [4.69, 9.17) is 23.2 Å². The van der Waals surface area contributed by atoms with Crippen molar-refractivity contribution in [2.45, 2.75) is 17.7 Å². The summed E-state index contributed by atoms with van der Waals surface area (Å²) in [6.45, 7) is 0. The monoisotopic (exact) mass is 472 g/mol. The molecule has 29 heavy (non-hydrogen) atoms. The van der Waals surface area contributed by atoms with Gasteiger partial charge in [-0.25, -0.2) is 12.8 Å². The number of hydrogen-bond donors (Lipinski definition) is 0. The van der Waals surface area contributed by atoms with E-state index < -0.39 is 15.7 Å². The van der Waals surface area contributed by atoms with Gasteiger partial charge >= 0.3 is 0 Å². The van der Waals surface area contributed by atoms with Gasteiger partial charge in [-0.1, -0.05) is 47.1 Å². The molecule has 0 N–H and O–H groups in total. The highest BCUT2D eigenvalue weighted by Gasteiger charge is 2.49. The van der Waals surface area contributed by atoms with Crippen LogP contribution in [0.3, 0.4) is 0 Å². The molecule has 2 aromatic rings. The summed E-state index contributed by atoms with van der Waals surface area (Å²) in [5.74, 6) is -0.978. The number of halogens is 3. The summed E-state index contributed by atoms with van der Waals surface area (Å²) in [6, 6.07) is 10.7. The first-order chi connectivity index (χ1) is 13.7. The second kappa shape index (κ2) is 7.91. The Bertz CT molecular complexity index is 1110. The molecule has 2 fully saturated rings. The van der Waals surface area contributed by atoms with Crippen LogP contribution in [0.5, 0.6) is 0 Å². The van der Waals surface area contributed by atoms with Crippen molar-refractivity contribution in [3.63, 3.8) is 0 Å². The van der Waals surface area contributed by atoms with Gasteiger partial charge < -0.3 is 4.90 Å². The molecule has 2 aliphatic heterocycles. The summed E-state index contributed by atoms with van der Waals surface area (Å²) in [5.41, 5.74) is 1.28. The van der Waals surface area contributed by atoms with Crippen LogP contribution in [0.25, 0.3) is 0 Å². The van der Waals surface area contributed by atoms with Crippen LogP contribution in [0, 0.1) is 5.82 Å². The van der Waals surface area contributed by atoms with E-state index in [0.717, 1.165) is 5.56 Å². The zero-order valence-electron chi connectivity index (χ0n) is 14.9. The van der Waals surface area contributed by atoms with E-state index in [2.05, 4.69) is 4.99 Å². The van der Waals surface area contributed by atoms with Crippen LogP contribution in [0.15, 0.2) is 47.5 Å². The number of carbonyl (C=O) groups is 1. The van der Waals surface area contributed by atoms with Crippen molar-refractivity contribution in [2.75, 3.05) is 16.4 Å². The van der Waals surface area contributed by atoms with Crippen LogP contribution in [-0.4, -0.2) is 42.3 Å². The average molecular weight is 473 g/mol. The lowest BCUT2D eigenvalue weighted by Crippen LogP contribution is -2.37. The smallest absolute Gasteiger partial charge is 0.252 e. The van der Waals surface area contributed by atoms with Crippen LogP contribution in [-0.2, 0) is 21.1 Å². The first-order valence-corrected chi connectivity index (χ1v) is 12.1. The van der Waals surface area contributed by atoms with Crippen molar-refractivity contribution in [2.24, 2.45) is 4.99 Å². The first kappa shape index (κ1) is 20.7. The Labute approximate surface area is 181 Å². The average Bonchev–Trinajstić information content (AvgIpc) is 3.10. The Morgan fingerprint density at radius 2 is 1.90 bits per heavy atom. The molecule has 2 atom stereocenters. The first-order valence-electron chi connectivity index (χ1n) is 8.69. The normalized spacial score (nSPS) is 24.1. The van der Waals surface area contributed by atoms with E-state index in [9.17, 15) is 17.6 Å². The van der Waals surface area contributed by atoms with E-state index in [1.54, 1.807) is 29.2 Å². The van der Waals surface area contributed by atoms with Gasteiger partial charge in [0.05, 0.1) is 29.0 Å². The minimum atomic E-state index is -3.19. The highest BCUT2D eigenvalue weighted by molar-refractivity contribution is 8.16. The molecule has 2 heterocycles. The Morgan fingerprint density at radius 3 is 2.59 bits per heavy atom. The van der Waals surface area contributed by atoms with Crippen molar-refractivity contribution in [3.05, 3.63) is 63.9 Å². The molecular formula is C19H15Cl2FN2O3S2. The predicted octanol–water partition coefficient (Wildman–Crippen LogP) is 3.98. The number of aliphatic imine (C=N–C) groups is 1. The fourth-order valence-electron chi connectivity index (χ4n) is 3.42. The van der Waals surface area contributed by atoms with Gasteiger partial charge in [-0.3, -0.25) is 4.79 Å². The number of carbonyl (C=O) groups excluding carboxylic acids is 1. The van der Waals surface area contributed by atoms with Crippen molar-refractivity contribution in [1.82, 2.24) is 0 Å². The molecule has 5 nitrogen and oxygen atoms in total. The lowest BCUT2D eigenvalue weighted by molar-refractivity contribution is -0.117. The van der Waals surface area contributed by atoms with E-state index in [1.807, 2.05) is 0 Å². The maximum atomic E-state index is 13.6. The third-order valence-electron chi connectivity index (χ3n) is 4.74. The zero-order valence-corrected chi connectivity index (χ0v) is 18.0. The summed E-state index contributed by atoms with van der Waals surface area (Å²) < 4.78 is 37.8. The molecule has 0 aliphatic carbocycles. The Morgan fingerprint density at radius 1 is 1.17 bits per heavy atom. The van der Waals surface area contributed by atoms with Crippen LogP contribution < -0.4 is 4.90 Å². The number of nitrogens with zero attached hydrogens (tertiary/aromatic N) is 2. The summed E-state index contributed by atoms with van der Waals surface area (Å²) >= 11 is 13.0. The maximum absolute atomic E-state index is 13.6. The highest BCUT2D eigenvalue weighted by atomic mass is 35.5. The maximum Gasteiger partial charge on any atom is 0.252 e. The van der Waals surface area contributed by atoms with Gasteiger partial charge in [-0.05, 0) is 35.9 Å². The standard InChI is InChI=1S/C19H15Cl2FN2O3S2/c20-12-3-1-11(2-4-12)7-18(25)23-19-24(13-5-6-15(22)14(21)8-13)16-9-29(26,27)10-17(16)28-19/h1-6,8,16-17H,7,9-10H2/t16-,17+/m1/s1. The van der Waals surface area contributed by atoms with E-state index in [1.165, 1.54) is 30.0 Å². The van der Waals surface area contributed by atoms with E-state index in [-0.39, 0.29) is 40.1 Å². The van der Waals surface area contributed by atoms with Gasteiger partial charge in [0, 0.05) is 16.0 Å². The minimum absolute atomic E-state index is 0.0121. The number of hydrogen-bond acceptors (Lipinski definition) is 4. The molecule has 10 heteroatoms. The van der Waals surface area contributed by atoms with Gasteiger partial charge in [0.2, 0.25) is 0 Å². The molecular weight excluding hydrogens is 458 g/mol. The molecule has 0 unspecified atom stereocenters. The molecule has 0 saturated carbocycles. The van der Waals surface area contributed by atoms with Crippen molar-refractivity contribution in [1.29, 1.82) is 0 Å². The molecule has 0 bridgehead atoms. The third-order valence-corrected chi connectivity index (χ3v) is 8.49. The molecule has 1 amide bonds. The number of anilines is 1. The van der Waals surface area contributed by atoms with Crippen molar-refractivity contribution < 1.29 is 17.6 Å². The number of rotatable bonds is 3. The Balaban J connectivity index is 1.65. The Hall–Kier alpha value is -1.61. The molecule has 2 aliphatic rings. The van der Waals surface area contributed by atoms with E-state index in [0.29, 0.717) is 15.9 Å². The second-order valence-corrected chi connectivity index (χ2v) is 11.1. The quantitative estimate of drug-likeness (QED) is 0.675. The third kappa shape index (κ3) is 4.45. The summed E-state index contributed by atoms with van der Waals surface area (Å²) in [6.07, 6.45) is 0.0902. The van der Waals surface area contributed by atoms with Crippen LogP contribution >= 0.6 is 35.0 Å². The van der Waals surface area contributed by atoms with Gasteiger partial charge in [-0.2, -0.15) is 4.99 Å². The van der Waals surface area contributed by atoms with Crippen molar-refractivity contribution >= 4 is 61.6 Å². The summed E-state index contributed by atoms with van der Waals surface area (Å²) in [5, 5.41) is 0.651. The van der Waals surface area contributed by atoms with Crippen LogP contribution in [0.4, 0.5) is 10.1 Å². The molecule has 0 aromatic heterocycles. The molecule has 0 radical (unpaired) electrons. The zero-order chi connectivity index (χ0) is 20.8. The topological polar surface area (TPSA) is 66.8 Å².